The predicted octanol–water partition coefficient (Wildman–Crippen LogP) is 6.19. The number of nitrogens with zero attached hydrogens (tertiary/aromatic N) is 6. The smallest absolute Gasteiger partial charge is 0.741 e. The molecular weight excluding hydrogens is 653 g/mol. The number of rotatable bonds is 6. The molecule has 0 fully saturated rings. The van der Waals surface area contributed by atoms with Gasteiger partial charge in [-0.3, -0.25) is 30.8 Å². The van der Waals surface area contributed by atoms with Crippen molar-refractivity contribution in [2.45, 2.75) is 13.8 Å². The van der Waals surface area contributed by atoms with Crippen molar-refractivity contribution in [1.29, 1.82) is 0 Å². The summed E-state index contributed by atoms with van der Waals surface area (Å²) < 4.78 is 0. The largest absolute Gasteiger partial charge is 3.00 e. The number of benzene rings is 2. The average molecular weight is 677 g/mol. The quantitative estimate of drug-likeness (QED) is 0.0832. The van der Waals surface area contributed by atoms with Gasteiger partial charge in [0.25, 0.3) is 0 Å². The summed E-state index contributed by atoms with van der Waals surface area (Å²) in [4.78, 5) is 16.8. The molecule has 0 aliphatic rings. The summed E-state index contributed by atoms with van der Waals surface area (Å²) in [5.41, 5.74) is 9.93. The standard InChI is InChI=1S/2C14H13ClN4S.Ga/c2*1-10(13-4-2-3-9-16-13)18-19-14(20)17-12-7-5-11(15)6-8-12;/h2*2-9H,1H3,(H2,17,19,20);/q;;+3/p-2/b2*18-10+;. The Morgan fingerprint density at radius 1 is 0.610 bits per heavy atom. The summed E-state index contributed by atoms with van der Waals surface area (Å²) >= 11 is 21.8. The molecule has 0 unspecified atom stereocenters. The maximum absolute atomic E-state index is 5.80. The van der Waals surface area contributed by atoms with Crippen molar-refractivity contribution in [2.75, 3.05) is 0 Å². The van der Waals surface area contributed by atoms with Gasteiger partial charge in [-0.2, -0.15) is 10.2 Å². The van der Waals surface area contributed by atoms with Crippen LogP contribution in [0.15, 0.2) is 118 Å². The van der Waals surface area contributed by atoms with E-state index in [1.54, 1.807) is 60.9 Å². The Kier molecular flexibility index (Phi) is 15.0. The van der Waals surface area contributed by atoms with Crippen LogP contribution in [0.1, 0.15) is 25.2 Å². The Morgan fingerprint density at radius 3 is 1.29 bits per heavy atom. The molecule has 2 aromatic carbocycles. The molecule has 0 spiro atoms. The molecule has 4 aromatic rings. The van der Waals surface area contributed by atoms with Crippen molar-refractivity contribution < 1.29 is 0 Å². The van der Waals surface area contributed by atoms with Crippen LogP contribution in [-0.2, 0) is 25.3 Å². The van der Waals surface area contributed by atoms with Gasteiger partial charge in [0.1, 0.15) is 0 Å². The third-order valence-corrected chi connectivity index (χ3v) is 5.69. The molecule has 2 N–H and O–H groups in total. The Balaban J connectivity index is 0.000000280. The zero-order chi connectivity index (χ0) is 28.7. The summed E-state index contributed by atoms with van der Waals surface area (Å²) in [6.07, 6.45) is 3.43. The number of pyridine rings is 2. The van der Waals surface area contributed by atoms with E-state index in [1.165, 1.54) is 0 Å². The summed E-state index contributed by atoms with van der Waals surface area (Å²) in [5, 5.41) is 10.2. The number of hydrogen-bond donors (Lipinski definition) is 2. The van der Waals surface area contributed by atoms with Gasteiger partial charge in [-0.1, -0.05) is 35.3 Å². The van der Waals surface area contributed by atoms with Gasteiger partial charge in [-0.25, -0.2) is 0 Å². The van der Waals surface area contributed by atoms with E-state index in [9.17, 15) is 0 Å². The van der Waals surface area contributed by atoms with Gasteiger partial charge in [-0.05, 0) is 86.6 Å². The minimum atomic E-state index is 0. The van der Waals surface area contributed by atoms with E-state index in [2.05, 4.69) is 41.0 Å². The van der Waals surface area contributed by atoms with Gasteiger partial charge in [0.15, 0.2) is 0 Å². The van der Waals surface area contributed by atoms with E-state index >= 15 is 0 Å². The number of aromatic nitrogens is 2. The van der Waals surface area contributed by atoms with E-state index in [0.29, 0.717) is 10.0 Å². The molecule has 8 nitrogen and oxygen atoms in total. The molecule has 4 rings (SSSR count). The molecule has 41 heavy (non-hydrogen) atoms. The Hall–Kier alpha value is -3.32. The maximum atomic E-state index is 5.80. The van der Waals surface area contributed by atoms with Crippen molar-refractivity contribution in [2.24, 2.45) is 20.2 Å². The van der Waals surface area contributed by atoms with Crippen LogP contribution in [-0.4, -0.2) is 51.5 Å². The molecule has 0 amide bonds. The van der Waals surface area contributed by atoms with Gasteiger partial charge in [0, 0.05) is 32.8 Å². The first-order valence-electron chi connectivity index (χ1n) is 11.8. The molecule has 0 atom stereocenters. The molecule has 0 radical (unpaired) electrons. The fourth-order valence-electron chi connectivity index (χ4n) is 2.85. The first kappa shape index (κ1) is 33.9. The van der Waals surface area contributed by atoms with Crippen LogP contribution < -0.4 is 10.9 Å². The number of aliphatic imine (C=N–C) groups is 2. The van der Waals surface area contributed by atoms with Crippen molar-refractivity contribution in [3.63, 3.8) is 0 Å². The first-order chi connectivity index (χ1) is 19.3. The zero-order valence-electron chi connectivity index (χ0n) is 22.1. The fraction of sp³-hybridized carbons (Fsp3) is 0.0714. The van der Waals surface area contributed by atoms with E-state index in [4.69, 9.17) is 48.5 Å². The van der Waals surface area contributed by atoms with E-state index in [1.807, 2.05) is 50.2 Å². The third kappa shape index (κ3) is 12.8. The topological polar surface area (TPSA) is 99.3 Å². The summed E-state index contributed by atoms with van der Waals surface area (Å²) in [6, 6.07) is 25.4. The predicted molar refractivity (Wildman–Crippen MR) is 177 cm³/mol. The van der Waals surface area contributed by atoms with Gasteiger partial charge < -0.3 is 25.3 Å². The molecule has 0 saturated carbocycles. The molecule has 13 heteroatoms. The number of hydrazone groups is 2. The molecule has 0 aliphatic carbocycles. The minimum absolute atomic E-state index is 0. The summed E-state index contributed by atoms with van der Waals surface area (Å²) in [7, 11) is 0. The van der Waals surface area contributed by atoms with Crippen molar-refractivity contribution in [1.82, 2.24) is 20.8 Å². The number of hydrogen-bond acceptors (Lipinski definition) is 8. The number of amidine groups is 2. The zero-order valence-corrected chi connectivity index (χ0v) is 27.6. The number of halogens is 2. The molecular formula is C28H24Cl2GaN8S2+. The minimum Gasteiger partial charge on any atom is -0.741 e. The second-order valence-electron chi connectivity index (χ2n) is 7.83. The van der Waals surface area contributed by atoms with Gasteiger partial charge in [0.2, 0.25) is 0 Å². The normalized spacial score (nSPS) is 12.0. The van der Waals surface area contributed by atoms with Gasteiger partial charge in [-0.15, -0.1) is 0 Å². The summed E-state index contributed by atoms with van der Waals surface area (Å²) in [6.45, 7) is 3.69. The van der Waals surface area contributed by atoms with Crippen LogP contribution in [0, 0.1) is 0 Å². The van der Waals surface area contributed by atoms with Crippen molar-refractivity contribution in [3.05, 3.63) is 119 Å². The number of nitrogens with one attached hydrogen (secondary N) is 2. The van der Waals surface area contributed by atoms with Crippen LogP contribution in [0.5, 0.6) is 0 Å². The van der Waals surface area contributed by atoms with Crippen molar-refractivity contribution >= 4 is 101 Å². The molecule has 0 saturated heterocycles. The van der Waals surface area contributed by atoms with Gasteiger partial charge in [0.05, 0.1) is 34.2 Å². The fourth-order valence-corrected chi connectivity index (χ4v) is 3.40. The SMILES string of the molecule is C/C(=N\NC([S-])=Nc1ccc(Cl)cc1)c1ccccn1.C/C(=N\NC([S-])=Nc1ccc(Cl)cc1)c1ccccn1.[Ga+3]. The second-order valence-corrected chi connectivity index (χ2v) is 9.48. The van der Waals surface area contributed by atoms with E-state index in [0.717, 1.165) is 34.2 Å². The van der Waals surface area contributed by atoms with E-state index < -0.39 is 0 Å². The maximum Gasteiger partial charge on any atom is 3.00 e. The van der Waals surface area contributed by atoms with Crippen molar-refractivity contribution in [3.8, 4) is 0 Å². The molecule has 2 heterocycles. The molecule has 2 aromatic heterocycles. The van der Waals surface area contributed by atoms with Crippen LogP contribution >= 0.6 is 23.2 Å². The Bertz CT molecular complexity index is 1370. The second kappa shape index (κ2) is 18.2. The molecule has 0 bridgehead atoms. The Morgan fingerprint density at radius 2 is 0.976 bits per heavy atom. The van der Waals surface area contributed by atoms with Gasteiger partial charge >= 0.3 is 19.8 Å². The Labute approximate surface area is 273 Å². The van der Waals surface area contributed by atoms with Crippen LogP contribution in [0.4, 0.5) is 11.4 Å². The summed E-state index contributed by atoms with van der Waals surface area (Å²) in [5.74, 6) is 0. The van der Waals surface area contributed by atoms with E-state index in [-0.39, 0.29) is 30.1 Å². The monoisotopic (exact) mass is 675 g/mol. The average Bonchev–Trinajstić information content (AvgIpc) is 2.98. The van der Waals surface area contributed by atoms with Crippen LogP contribution in [0.3, 0.4) is 0 Å². The first-order valence-corrected chi connectivity index (χ1v) is 13.3. The van der Waals surface area contributed by atoms with Crippen LogP contribution in [0.2, 0.25) is 10.0 Å². The molecule has 204 valence electrons. The third-order valence-electron chi connectivity index (χ3n) is 4.82. The van der Waals surface area contributed by atoms with Crippen LogP contribution in [0.25, 0.3) is 0 Å². The molecule has 0 aliphatic heterocycles.